The maximum atomic E-state index is 14.6. The second-order valence-electron chi connectivity index (χ2n) is 7.29. The van der Waals surface area contributed by atoms with E-state index in [9.17, 15) is 17.2 Å². The largest absolute Gasteiger partial charge is 0.368 e. The molecule has 3 aromatic rings. The fourth-order valence-electron chi connectivity index (χ4n) is 3.64. The Balaban J connectivity index is 1.53. The Hall–Kier alpha value is -2.40. The van der Waals surface area contributed by atoms with E-state index in [-0.39, 0.29) is 42.6 Å². The molecular formula is C20H18ClF2N3O4S. The van der Waals surface area contributed by atoms with E-state index in [1.807, 2.05) is 0 Å². The number of benzene rings is 2. The van der Waals surface area contributed by atoms with Crippen LogP contribution in [-0.4, -0.2) is 36.4 Å². The van der Waals surface area contributed by atoms with Gasteiger partial charge >= 0.3 is 0 Å². The third kappa shape index (κ3) is 4.77. The van der Waals surface area contributed by atoms with Crippen LogP contribution in [0.2, 0.25) is 5.02 Å². The quantitative estimate of drug-likeness (QED) is 0.492. The maximum Gasteiger partial charge on any atom is 0.296 e. The number of hydrogen-bond donors (Lipinski definition) is 0. The van der Waals surface area contributed by atoms with Crippen molar-refractivity contribution in [1.29, 1.82) is 0 Å². The molecule has 2 atom stereocenters. The lowest BCUT2D eigenvalue weighted by molar-refractivity contribution is -0.0206. The molecule has 1 saturated heterocycles. The Kier molecular flexibility index (Phi) is 6.07. The van der Waals surface area contributed by atoms with E-state index < -0.39 is 27.4 Å². The lowest BCUT2D eigenvalue weighted by Crippen LogP contribution is -2.32. The SMILES string of the molecule is O=S(=O)(OCC1COC(Cn2cncn2)(c2ccc(F)cc2F)C1)c1ccc(Cl)cc1. The van der Waals surface area contributed by atoms with E-state index in [4.69, 9.17) is 20.5 Å². The first-order valence-electron chi connectivity index (χ1n) is 9.34. The van der Waals surface area contributed by atoms with Crippen molar-refractivity contribution in [1.82, 2.24) is 14.8 Å². The first-order valence-corrected chi connectivity index (χ1v) is 11.1. The van der Waals surface area contributed by atoms with Gasteiger partial charge in [0.15, 0.2) is 0 Å². The number of hydrogen-bond acceptors (Lipinski definition) is 6. The van der Waals surface area contributed by atoms with Gasteiger partial charge in [0.25, 0.3) is 10.1 Å². The highest BCUT2D eigenvalue weighted by atomic mass is 35.5. The molecule has 1 aliphatic rings. The third-order valence-corrected chi connectivity index (χ3v) is 6.63. The van der Waals surface area contributed by atoms with Crippen LogP contribution in [0.4, 0.5) is 8.78 Å². The molecule has 164 valence electrons. The van der Waals surface area contributed by atoms with E-state index in [0.29, 0.717) is 5.02 Å². The topological polar surface area (TPSA) is 83.3 Å². The summed E-state index contributed by atoms with van der Waals surface area (Å²) in [5.74, 6) is -1.81. The molecule has 0 amide bonds. The first kappa shape index (κ1) is 21.8. The molecule has 0 N–H and O–H groups in total. The minimum absolute atomic E-state index is 0.0192. The van der Waals surface area contributed by atoms with E-state index in [0.717, 1.165) is 12.1 Å². The lowest BCUT2D eigenvalue weighted by Gasteiger charge is -2.29. The summed E-state index contributed by atoms with van der Waals surface area (Å²) in [6.07, 6.45) is 3.04. The predicted octanol–water partition coefficient (Wildman–Crippen LogP) is 3.55. The van der Waals surface area contributed by atoms with Crippen molar-refractivity contribution in [3.05, 3.63) is 77.3 Å². The second kappa shape index (κ2) is 8.62. The fraction of sp³-hybridized carbons (Fsp3) is 0.300. The van der Waals surface area contributed by atoms with Gasteiger partial charge < -0.3 is 4.74 Å². The van der Waals surface area contributed by atoms with Gasteiger partial charge in [-0.1, -0.05) is 17.7 Å². The van der Waals surface area contributed by atoms with E-state index in [1.165, 1.54) is 47.7 Å². The molecule has 0 aliphatic carbocycles. The van der Waals surface area contributed by atoms with Gasteiger partial charge in [0.2, 0.25) is 0 Å². The molecule has 2 heterocycles. The zero-order chi connectivity index (χ0) is 22.1. The Morgan fingerprint density at radius 1 is 1.23 bits per heavy atom. The molecule has 1 aromatic heterocycles. The molecule has 2 aromatic carbocycles. The van der Waals surface area contributed by atoms with Gasteiger partial charge in [-0.05, 0) is 36.8 Å². The molecule has 0 spiro atoms. The van der Waals surface area contributed by atoms with Crippen LogP contribution in [0.25, 0.3) is 0 Å². The summed E-state index contributed by atoms with van der Waals surface area (Å²) < 4.78 is 65.6. The predicted molar refractivity (Wildman–Crippen MR) is 107 cm³/mol. The van der Waals surface area contributed by atoms with E-state index in [1.54, 1.807) is 0 Å². The van der Waals surface area contributed by atoms with Crippen molar-refractivity contribution in [3.8, 4) is 0 Å². The number of aromatic nitrogens is 3. The summed E-state index contributed by atoms with van der Waals surface area (Å²) in [7, 11) is -4.00. The van der Waals surface area contributed by atoms with Gasteiger partial charge in [-0.25, -0.2) is 18.4 Å². The highest BCUT2D eigenvalue weighted by Crippen LogP contribution is 2.42. The monoisotopic (exact) mass is 469 g/mol. The Labute approximate surface area is 182 Å². The highest BCUT2D eigenvalue weighted by Gasteiger charge is 2.45. The molecule has 2 unspecified atom stereocenters. The first-order chi connectivity index (χ1) is 14.8. The van der Waals surface area contributed by atoms with Crippen molar-refractivity contribution < 1.29 is 26.1 Å². The molecular weight excluding hydrogens is 452 g/mol. The maximum absolute atomic E-state index is 14.6. The van der Waals surface area contributed by atoms with E-state index in [2.05, 4.69) is 10.1 Å². The zero-order valence-corrected chi connectivity index (χ0v) is 17.7. The van der Waals surface area contributed by atoms with Crippen LogP contribution in [-0.2, 0) is 31.2 Å². The molecule has 0 bridgehead atoms. The van der Waals surface area contributed by atoms with Crippen molar-refractivity contribution in [2.45, 2.75) is 23.5 Å². The van der Waals surface area contributed by atoms with Crippen molar-refractivity contribution in [3.63, 3.8) is 0 Å². The molecule has 0 saturated carbocycles. The molecule has 31 heavy (non-hydrogen) atoms. The number of nitrogens with zero attached hydrogens (tertiary/aromatic N) is 3. The van der Waals surface area contributed by atoms with Crippen LogP contribution in [0.1, 0.15) is 12.0 Å². The van der Waals surface area contributed by atoms with Crippen LogP contribution in [0.5, 0.6) is 0 Å². The molecule has 4 rings (SSSR count). The fourth-order valence-corrected chi connectivity index (χ4v) is 4.74. The van der Waals surface area contributed by atoms with E-state index >= 15 is 0 Å². The van der Waals surface area contributed by atoms with Gasteiger partial charge in [-0.2, -0.15) is 13.5 Å². The van der Waals surface area contributed by atoms with Gasteiger partial charge in [0.05, 0.1) is 24.7 Å². The summed E-state index contributed by atoms with van der Waals surface area (Å²) in [6, 6.07) is 8.89. The summed E-state index contributed by atoms with van der Waals surface area (Å²) in [4.78, 5) is 3.86. The highest BCUT2D eigenvalue weighted by molar-refractivity contribution is 7.86. The van der Waals surface area contributed by atoms with Crippen LogP contribution in [0, 0.1) is 17.6 Å². The standard InChI is InChI=1S/C20H18ClF2N3O4S/c21-15-1-4-17(5-2-15)31(27,28)30-10-14-8-20(29-9-14,11-26-13-24-12-25-26)18-6-3-16(22)7-19(18)23/h1-7,12-14H,8-11H2. The second-order valence-corrected chi connectivity index (χ2v) is 9.34. The Bertz CT molecular complexity index is 1160. The average molecular weight is 470 g/mol. The van der Waals surface area contributed by atoms with Crippen LogP contribution in [0.3, 0.4) is 0 Å². The summed E-state index contributed by atoms with van der Waals surface area (Å²) in [5.41, 5.74) is -1.02. The normalized spacial score (nSPS) is 21.5. The number of rotatable bonds is 7. The van der Waals surface area contributed by atoms with Crippen molar-refractivity contribution >= 4 is 21.7 Å². The molecule has 11 heteroatoms. The van der Waals surface area contributed by atoms with Crippen LogP contribution < -0.4 is 0 Å². The molecule has 7 nitrogen and oxygen atoms in total. The third-order valence-electron chi connectivity index (χ3n) is 5.08. The number of ether oxygens (including phenoxy) is 1. The minimum atomic E-state index is -4.00. The Morgan fingerprint density at radius 3 is 2.68 bits per heavy atom. The van der Waals surface area contributed by atoms with Crippen molar-refractivity contribution in [2.24, 2.45) is 5.92 Å². The summed E-state index contributed by atoms with van der Waals surface area (Å²) >= 11 is 5.80. The molecule has 1 fully saturated rings. The average Bonchev–Trinajstić information content (AvgIpc) is 3.38. The summed E-state index contributed by atoms with van der Waals surface area (Å²) in [5, 5.41) is 4.45. The molecule has 1 aliphatic heterocycles. The molecule has 0 radical (unpaired) electrons. The van der Waals surface area contributed by atoms with Gasteiger partial charge in [0, 0.05) is 22.6 Å². The summed E-state index contributed by atoms with van der Waals surface area (Å²) in [6.45, 7) is 0.0878. The smallest absolute Gasteiger partial charge is 0.296 e. The van der Waals surface area contributed by atoms with Crippen LogP contribution >= 0.6 is 11.6 Å². The lowest BCUT2D eigenvalue weighted by atomic mass is 9.87. The van der Waals surface area contributed by atoms with Gasteiger partial charge in [0.1, 0.15) is 29.9 Å². The van der Waals surface area contributed by atoms with Crippen molar-refractivity contribution in [2.75, 3.05) is 13.2 Å². The number of halogens is 3. The Morgan fingerprint density at radius 2 is 2.00 bits per heavy atom. The van der Waals surface area contributed by atoms with Crippen LogP contribution in [0.15, 0.2) is 60.0 Å². The van der Waals surface area contributed by atoms with Gasteiger partial charge in [-0.15, -0.1) is 0 Å². The van der Waals surface area contributed by atoms with Gasteiger partial charge in [-0.3, -0.25) is 4.18 Å². The minimum Gasteiger partial charge on any atom is -0.368 e. The zero-order valence-electron chi connectivity index (χ0n) is 16.1.